The fourth-order valence-electron chi connectivity index (χ4n) is 1.77. The molecule has 0 radical (unpaired) electrons. The minimum atomic E-state index is -0.839. The lowest BCUT2D eigenvalue weighted by Crippen LogP contribution is -2.03. The zero-order valence-electron chi connectivity index (χ0n) is 10.1. The van der Waals surface area contributed by atoms with E-state index in [4.69, 9.17) is 14.6 Å². The van der Waals surface area contributed by atoms with Gasteiger partial charge < -0.3 is 14.6 Å². The summed E-state index contributed by atoms with van der Waals surface area (Å²) < 4.78 is 10.5. The average Bonchev–Trinajstić information content (AvgIpc) is 2.85. The Morgan fingerprint density at radius 1 is 1.50 bits per heavy atom. The van der Waals surface area contributed by atoms with Gasteiger partial charge in [0.05, 0.1) is 13.5 Å². The fraction of sp³-hybridized carbons (Fsp3) is 0.385. The van der Waals surface area contributed by atoms with Gasteiger partial charge in [0.2, 0.25) is 0 Å². The van der Waals surface area contributed by atoms with Crippen LogP contribution in [0.25, 0.3) is 0 Å². The average molecular weight is 249 g/mol. The predicted octanol–water partition coefficient (Wildman–Crippen LogP) is 2.03. The van der Waals surface area contributed by atoms with Crippen molar-refractivity contribution in [2.45, 2.75) is 18.9 Å². The molecule has 1 aliphatic heterocycles. The molecular weight excluding hydrogens is 234 g/mol. The lowest BCUT2D eigenvalue weighted by Gasteiger charge is -2.06. The van der Waals surface area contributed by atoms with Crippen LogP contribution in [0.2, 0.25) is 0 Å². The fourth-order valence-corrected chi connectivity index (χ4v) is 1.77. The molecule has 1 heterocycles. The van der Waals surface area contributed by atoms with Crippen LogP contribution in [-0.2, 0) is 9.53 Å². The molecule has 1 atom stereocenters. The second-order valence-electron chi connectivity index (χ2n) is 4.02. The minimum absolute atomic E-state index is 0.0419. The van der Waals surface area contributed by atoms with Crippen LogP contribution in [0.3, 0.4) is 0 Å². The maximum Gasteiger partial charge on any atom is 0.303 e. The Kier molecular flexibility index (Phi) is 3.82. The van der Waals surface area contributed by atoms with Crippen molar-refractivity contribution in [1.82, 2.24) is 0 Å². The van der Waals surface area contributed by atoms with Crippen LogP contribution >= 0.6 is 0 Å². The van der Waals surface area contributed by atoms with Crippen molar-refractivity contribution >= 4 is 11.9 Å². The van der Waals surface area contributed by atoms with Gasteiger partial charge in [0.1, 0.15) is 18.4 Å². The molecule has 5 heteroatoms. The summed E-state index contributed by atoms with van der Waals surface area (Å²) in [6.45, 7) is 0.473. The number of aliphatic imine (C=N–C) groups is 1. The van der Waals surface area contributed by atoms with Crippen molar-refractivity contribution in [3.63, 3.8) is 0 Å². The molecule has 0 aromatic heterocycles. The second kappa shape index (κ2) is 5.53. The second-order valence-corrected chi connectivity index (χ2v) is 4.02. The zero-order valence-corrected chi connectivity index (χ0v) is 10.1. The first-order valence-corrected chi connectivity index (χ1v) is 5.74. The SMILES string of the molecule is COc1ccc(C2COC(CCC(=O)O)=N2)cc1. The monoisotopic (exact) mass is 249 g/mol. The summed E-state index contributed by atoms with van der Waals surface area (Å²) in [5.41, 5.74) is 1.04. The summed E-state index contributed by atoms with van der Waals surface area (Å²) in [7, 11) is 1.62. The molecule has 0 saturated heterocycles. The molecule has 1 aromatic rings. The van der Waals surface area contributed by atoms with E-state index in [-0.39, 0.29) is 12.5 Å². The number of carboxylic acid groups (broad SMARTS) is 1. The number of hydrogen-bond acceptors (Lipinski definition) is 4. The van der Waals surface area contributed by atoms with Crippen molar-refractivity contribution in [3.8, 4) is 5.75 Å². The Hall–Kier alpha value is -2.04. The van der Waals surface area contributed by atoms with Gasteiger partial charge in [-0.1, -0.05) is 12.1 Å². The molecule has 0 bridgehead atoms. The first kappa shape index (κ1) is 12.4. The molecule has 0 fully saturated rings. The third-order valence-corrected chi connectivity index (χ3v) is 2.76. The smallest absolute Gasteiger partial charge is 0.303 e. The van der Waals surface area contributed by atoms with Gasteiger partial charge in [-0.25, -0.2) is 4.99 Å². The molecule has 0 amide bonds. The third kappa shape index (κ3) is 3.00. The summed E-state index contributed by atoms with van der Waals surface area (Å²) in [6.07, 6.45) is 0.399. The lowest BCUT2D eigenvalue weighted by molar-refractivity contribution is -0.136. The van der Waals surface area contributed by atoms with Crippen molar-refractivity contribution in [1.29, 1.82) is 0 Å². The highest BCUT2D eigenvalue weighted by Gasteiger charge is 2.20. The molecule has 1 aliphatic rings. The molecule has 5 nitrogen and oxygen atoms in total. The van der Waals surface area contributed by atoms with E-state index in [0.29, 0.717) is 18.9 Å². The molecule has 96 valence electrons. The van der Waals surface area contributed by atoms with Gasteiger partial charge in [-0.15, -0.1) is 0 Å². The lowest BCUT2D eigenvalue weighted by atomic mass is 10.1. The number of ether oxygens (including phenoxy) is 2. The first-order chi connectivity index (χ1) is 8.69. The van der Waals surface area contributed by atoms with E-state index in [1.165, 1.54) is 0 Å². The van der Waals surface area contributed by atoms with Gasteiger partial charge in [0.15, 0.2) is 5.90 Å². The molecule has 2 rings (SSSR count). The van der Waals surface area contributed by atoms with Crippen molar-refractivity contribution in [2.24, 2.45) is 4.99 Å². The Morgan fingerprint density at radius 3 is 2.83 bits per heavy atom. The van der Waals surface area contributed by atoms with Crippen molar-refractivity contribution in [3.05, 3.63) is 29.8 Å². The van der Waals surface area contributed by atoms with Gasteiger partial charge >= 0.3 is 5.97 Å². The third-order valence-electron chi connectivity index (χ3n) is 2.76. The van der Waals surface area contributed by atoms with E-state index in [2.05, 4.69) is 4.99 Å². The van der Waals surface area contributed by atoms with Crippen LogP contribution in [-0.4, -0.2) is 30.7 Å². The Morgan fingerprint density at radius 2 is 2.22 bits per heavy atom. The van der Waals surface area contributed by atoms with Gasteiger partial charge in [0, 0.05) is 6.42 Å². The van der Waals surface area contributed by atoms with E-state index in [1.807, 2.05) is 24.3 Å². The van der Waals surface area contributed by atoms with Crippen molar-refractivity contribution in [2.75, 3.05) is 13.7 Å². The highest BCUT2D eigenvalue weighted by molar-refractivity contribution is 5.81. The van der Waals surface area contributed by atoms with Crippen LogP contribution in [0.5, 0.6) is 5.75 Å². The van der Waals surface area contributed by atoms with Crippen LogP contribution in [0.15, 0.2) is 29.3 Å². The van der Waals surface area contributed by atoms with Gasteiger partial charge in [-0.3, -0.25) is 4.79 Å². The summed E-state index contributed by atoms with van der Waals surface area (Å²) in [6, 6.07) is 7.59. The van der Waals surface area contributed by atoms with Gasteiger partial charge in [-0.05, 0) is 17.7 Å². The predicted molar refractivity (Wildman–Crippen MR) is 66.0 cm³/mol. The number of rotatable bonds is 5. The Bertz CT molecular complexity index is 453. The Labute approximate surface area is 105 Å². The number of carbonyl (C=O) groups is 1. The quantitative estimate of drug-likeness (QED) is 0.867. The molecule has 1 N–H and O–H groups in total. The van der Waals surface area contributed by atoms with E-state index in [0.717, 1.165) is 11.3 Å². The summed E-state index contributed by atoms with van der Waals surface area (Å²) in [5, 5.41) is 8.59. The normalized spacial score (nSPS) is 18.1. The minimum Gasteiger partial charge on any atom is -0.497 e. The highest BCUT2D eigenvalue weighted by atomic mass is 16.5. The maximum absolute atomic E-state index is 10.5. The highest BCUT2D eigenvalue weighted by Crippen LogP contribution is 2.25. The summed E-state index contributed by atoms with van der Waals surface area (Å²) in [5.74, 6) is 0.486. The van der Waals surface area contributed by atoms with Gasteiger partial charge in [-0.2, -0.15) is 0 Å². The topological polar surface area (TPSA) is 68.1 Å². The Balaban J connectivity index is 1.99. The number of aliphatic carboxylic acids is 1. The molecular formula is C13H15NO4. The number of methoxy groups -OCH3 is 1. The van der Waals surface area contributed by atoms with E-state index in [9.17, 15) is 4.79 Å². The van der Waals surface area contributed by atoms with Crippen LogP contribution in [0.1, 0.15) is 24.4 Å². The largest absolute Gasteiger partial charge is 0.497 e. The number of benzene rings is 1. The van der Waals surface area contributed by atoms with Gasteiger partial charge in [0.25, 0.3) is 0 Å². The molecule has 0 aliphatic carbocycles. The number of nitrogens with zero attached hydrogens (tertiary/aromatic N) is 1. The number of carboxylic acids is 1. The molecule has 0 spiro atoms. The van der Waals surface area contributed by atoms with Crippen LogP contribution in [0.4, 0.5) is 0 Å². The summed E-state index contributed by atoms with van der Waals surface area (Å²) in [4.78, 5) is 14.8. The molecule has 0 saturated carbocycles. The maximum atomic E-state index is 10.5. The molecule has 1 unspecified atom stereocenters. The van der Waals surface area contributed by atoms with E-state index < -0.39 is 5.97 Å². The summed E-state index contributed by atoms with van der Waals surface area (Å²) >= 11 is 0. The molecule has 18 heavy (non-hydrogen) atoms. The first-order valence-electron chi connectivity index (χ1n) is 5.74. The van der Waals surface area contributed by atoms with E-state index >= 15 is 0 Å². The van der Waals surface area contributed by atoms with Crippen LogP contribution < -0.4 is 4.74 Å². The zero-order chi connectivity index (χ0) is 13.0. The standard InChI is InChI=1S/C13H15NO4/c1-17-10-4-2-9(3-5-10)11-8-18-12(14-11)6-7-13(15)16/h2-5,11H,6-8H2,1H3,(H,15,16). The van der Waals surface area contributed by atoms with Crippen LogP contribution in [0, 0.1) is 0 Å². The van der Waals surface area contributed by atoms with E-state index in [1.54, 1.807) is 7.11 Å². The van der Waals surface area contributed by atoms with Crippen molar-refractivity contribution < 1.29 is 19.4 Å². The number of hydrogen-bond donors (Lipinski definition) is 1. The molecule has 1 aromatic carbocycles.